The highest BCUT2D eigenvalue weighted by molar-refractivity contribution is 7.89. The molecule has 0 radical (unpaired) electrons. The minimum absolute atomic E-state index is 0.0771. The topological polar surface area (TPSA) is 88.2 Å². The number of rotatable bonds is 6. The van der Waals surface area contributed by atoms with Crippen molar-refractivity contribution >= 4 is 21.7 Å². The molecule has 1 amide bonds. The van der Waals surface area contributed by atoms with Crippen LogP contribution in [-0.4, -0.2) is 19.3 Å². The summed E-state index contributed by atoms with van der Waals surface area (Å²) in [4.78, 5) is 16.7. The molecule has 0 aliphatic carbocycles. The van der Waals surface area contributed by atoms with Gasteiger partial charge in [0.15, 0.2) is 0 Å². The van der Waals surface area contributed by atoms with Crippen molar-refractivity contribution in [2.24, 2.45) is 0 Å². The molecule has 3 aromatic rings. The third kappa shape index (κ3) is 4.82. The highest BCUT2D eigenvalue weighted by Crippen LogP contribution is 2.18. The van der Waals surface area contributed by atoms with E-state index in [-0.39, 0.29) is 17.0 Å². The molecule has 0 bridgehead atoms. The van der Waals surface area contributed by atoms with Crippen LogP contribution in [0.15, 0.2) is 71.8 Å². The number of aryl methyl sites for hydroxylation is 2. The molecule has 0 aliphatic rings. The Kier molecular flexibility index (Phi) is 5.87. The predicted octanol–water partition coefficient (Wildman–Crippen LogP) is 3.43. The van der Waals surface area contributed by atoms with Crippen LogP contribution >= 0.6 is 0 Å². The Morgan fingerprint density at radius 3 is 2.46 bits per heavy atom. The lowest BCUT2D eigenvalue weighted by molar-refractivity contribution is 0.102. The SMILES string of the molecule is Cc1ccnc(NC(=O)c2ccc(C)c(S(=O)(=O)NCc3ccccc3)c2)c1. The normalized spacial score (nSPS) is 11.2. The van der Waals surface area contributed by atoms with Crippen molar-refractivity contribution in [3.8, 4) is 0 Å². The summed E-state index contributed by atoms with van der Waals surface area (Å²) < 4.78 is 28.1. The molecule has 0 spiro atoms. The molecule has 0 saturated carbocycles. The van der Waals surface area contributed by atoms with Crippen molar-refractivity contribution in [3.05, 3.63) is 89.1 Å². The zero-order chi connectivity index (χ0) is 20.1. The van der Waals surface area contributed by atoms with E-state index in [4.69, 9.17) is 0 Å². The first kappa shape index (κ1) is 19.7. The van der Waals surface area contributed by atoms with Crippen LogP contribution in [0.1, 0.15) is 27.0 Å². The van der Waals surface area contributed by atoms with Crippen molar-refractivity contribution in [1.29, 1.82) is 0 Å². The van der Waals surface area contributed by atoms with Crippen LogP contribution in [0.4, 0.5) is 5.82 Å². The van der Waals surface area contributed by atoms with Gasteiger partial charge in [0.2, 0.25) is 10.0 Å². The van der Waals surface area contributed by atoms with Crippen molar-refractivity contribution in [2.45, 2.75) is 25.3 Å². The van der Waals surface area contributed by atoms with Gasteiger partial charge >= 0.3 is 0 Å². The number of nitrogens with zero attached hydrogens (tertiary/aromatic N) is 1. The Hall–Kier alpha value is -3.03. The van der Waals surface area contributed by atoms with Gasteiger partial charge in [-0.15, -0.1) is 0 Å². The minimum atomic E-state index is -3.77. The zero-order valence-corrected chi connectivity index (χ0v) is 16.5. The molecule has 7 heteroatoms. The molecule has 3 rings (SSSR count). The minimum Gasteiger partial charge on any atom is -0.307 e. The third-order valence-corrected chi connectivity index (χ3v) is 5.75. The second kappa shape index (κ2) is 8.33. The molecule has 0 unspecified atom stereocenters. The number of hydrogen-bond donors (Lipinski definition) is 2. The standard InChI is InChI=1S/C21H21N3O3S/c1-15-10-11-22-20(12-15)24-21(25)18-9-8-16(2)19(13-18)28(26,27)23-14-17-6-4-3-5-7-17/h3-13,23H,14H2,1-2H3,(H,22,24,25). The van der Waals surface area contributed by atoms with E-state index in [1.807, 2.05) is 43.3 Å². The van der Waals surface area contributed by atoms with Gasteiger partial charge < -0.3 is 5.32 Å². The van der Waals surface area contributed by atoms with Crippen LogP contribution in [0.3, 0.4) is 0 Å². The van der Waals surface area contributed by atoms with Crippen LogP contribution < -0.4 is 10.0 Å². The predicted molar refractivity (Wildman–Crippen MR) is 109 cm³/mol. The van der Waals surface area contributed by atoms with Gasteiger partial charge in [-0.3, -0.25) is 4.79 Å². The van der Waals surface area contributed by atoms with Crippen LogP contribution in [0.5, 0.6) is 0 Å². The first-order valence-electron chi connectivity index (χ1n) is 8.73. The molecule has 28 heavy (non-hydrogen) atoms. The van der Waals surface area contributed by atoms with E-state index in [0.29, 0.717) is 11.4 Å². The number of nitrogens with one attached hydrogen (secondary N) is 2. The second-order valence-corrected chi connectivity index (χ2v) is 8.20. The molecular formula is C21H21N3O3S. The van der Waals surface area contributed by atoms with Crippen molar-refractivity contribution in [1.82, 2.24) is 9.71 Å². The number of carbonyl (C=O) groups excluding carboxylic acids is 1. The number of benzene rings is 2. The summed E-state index contributed by atoms with van der Waals surface area (Å²) in [5.41, 5.74) is 2.62. The van der Waals surface area contributed by atoms with Gasteiger partial charge in [0, 0.05) is 18.3 Å². The second-order valence-electron chi connectivity index (χ2n) is 6.46. The van der Waals surface area contributed by atoms with Gasteiger partial charge in [-0.05, 0) is 54.8 Å². The summed E-state index contributed by atoms with van der Waals surface area (Å²) in [5.74, 6) is -0.00482. The van der Waals surface area contributed by atoms with Gasteiger partial charge in [0.25, 0.3) is 5.91 Å². The van der Waals surface area contributed by atoms with E-state index in [9.17, 15) is 13.2 Å². The van der Waals surface area contributed by atoms with E-state index in [1.165, 1.54) is 6.07 Å². The monoisotopic (exact) mass is 395 g/mol. The van der Waals surface area contributed by atoms with Crippen molar-refractivity contribution in [3.63, 3.8) is 0 Å². The summed E-state index contributed by atoms with van der Waals surface area (Å²) >= 11 is 0. The molecule has 0 fully saturated rings. The average molecular weight is 395 g/mol. The van der Waals surface area contributed by atoms with E-state index >= 15 is 0 Å². The Balaban J connectivity index is 1.81. The van der Waals surface area contributed by atoms with Crippen LogP contribution in [-0.2, 0) is 16.6 Å². The van der Waals surface area contributed by atoms with Gasteiger partial charge in [0.05, 0.1) is 4.90 Å². The molecule has 2 N–H and O–H groups in total. The smallest absolute Gasteiger partial charge is 0.256 e. The first-order chi connectivity index (χ1) is 13.3. The maximum atomic E-state index is 12.7. The van der Waals surface area contributed by atoms with Crippen molar-refractivity contribution < 1.29 is 13.2 Å². The highest BCUT2D eigenvalue weighted by Gasteiger charge is 2.19. The molecule has 6 nitrogen and oxygen atoms in total. The fraction of sp³-hybridized carbons (Fsp3) is 0.143. The fourth-order valence-electron chi connectivity index (χ4n) is 2.68. The molecule has 1 aromatic heterocycles. The molecule has 0 atom stereocenters. The van der Waals surface area contributed by atoms with Gasteiger partial charge in [-0.2, -0.15) is 0 Å². The van der Waals surface area contributed by atoms with Gasteiger partial charge in [-0.25, -0.2) is 18.1 Å². The lowest BCUT2D eigenvalue weighted by Gasteiger charge is -2.11. The number of sulfonamides is 1. The quantitative estimate of drug-likeness (QED) is 0.669. The van der Waals surface area contributed by atoms with E-state index in [1.54, 1.807) is 31.3 Å². The number of amides is 1. The summed E-state index contributed by atoms with van der Waals surface area (Å²) in [5, 5.41) is 2.69. The largest absolute Gasteiger partial charge is 0.307 e. The Morgan fingerprint density at radius 1 is 1.00 bits per heavy atom. The van der Waals surface area contributed by atoms with Gasteiger partial charge in [0.1, 0.15) is 5.82 Å². The Morgan fingerprint density at radius 2 is 1.75 bits per heavy atom. The Labute approximate surface area is 164 Å². The summed E-state index contributed by atoms with van der Waals surface area (Å²) in [6.45, 7) is 3.76. The maximum absolute atomic E-state index is 12.7. The zero-order valence-electron chi connectivity index (χ0n) is 15.6. The molecule has 0 aliphatic heterocycles. The summed E-state index contributed by atoms with van der Waals surface area (Å²) in [6.07, 6.45) is 1.60. The summed E-state index contributed by atoms with van der Waals surface area (Å²) in [7, 11) is -3.77. The number of pyridine rings is 1. The van der Waals surface area contributed by atoms with Crippen LogP contribution in [0, 0.1) is 13.8 Å². The number of carbonyl (C=O) groups is 1. The molecular weight excluding hydrogens is 374 g/mol. The lowest BCUT2D eigenvalue weighted by Crippen LogP contribution is -2.24. The lowest BCUT2D eigenvalue weighted by atomic mass is 10.1. The van der Waals surface area contributed by atoms with Crippen LogP contribution in [0.25, 0.3) is 0 Å². The van der Waals surface area contributed by atoms with E-state index < -0.39 is 15.9 Å². The van der Waals surface area contributed by atoms with Gasteiger partial charge in [-0.1, -0.05) is 36.4 Å². The Bertz CT molecular complexity index is 1100. The number of hydrogen-bond acceptors (Lipinski definition) is 4. The van der Waals surface area contributed by atoms with Crippen LogP contribution in [0.2, 0.25) is 0 Å². The fourth-order valence-corrected chi connectivity index (χ4v) is 3.96. The molecule has 0 saturated heterocycles. The van der Waals surface area contributed by atoms with E-state index in [2.05, 4.69) is 15.0 Å². The average Bonchev–Trinajstić information content (AvgIpc) is 2.67. The highest BCUT2D eigenvalue weighted by atomic mass is 32.2. The first-order valence-corrected chi connectivity index (χ1v) is 10.2. The molecule has 2 aromatic carbocycles. The maximum Gasteiger partial charge on any atom is 0.256 e. The molecule has 144 valence electrons. The summed E-state index contributed by atoms with van der Waals surface area (Å²) in [6, 6.07) is 17.4. The third-order valence-electron chi connectivity index (χ3n) is 4.21. The number of aromatic nitrogens is 1. The number of anilines is 1. The molecule has 1 heterocycles. The van der Waals surface area contributed by atoms with E-state index in [0.717, 1.165) is 11.1 Å². The van der Waals surface area contributed by atoms with Crippen molar-refractivity contribution in [2.75, 3.05) is 5.32 Å².